The van der Waals surface area contributed by atoms with E-state index in [0.29, 0.717) is 5.82 Å². The molecule has 3 rings (SSSR count). The van der Waals surface area contributed by atoms with Gasteiger partial charge in [-0.1, -0.05) is 6.92 Å². The van der Waals surface area contributed by atoms with Crippen LogP contribution in [-0.4, -0.2) is 78.8 Å². The molecule has 0 atom stereocenters. The minimum Gasteiger partial charge on any atom is -0.378 e. The zero-order valence-electron chi connectivity index (χ0n) is 16.2. The Morgan fingerprint density at radius 1 is 1.15 bits per heavy atom. The number of anilines is 2. The molecule has 1 aromatic rings. The van der Waals surface area contributed by atoms with Gasteiger partial charge in [-0.15, -0.1) is 0 Å². The van der Waals surface area contributed by atoms with Gasteiger partial charge in [-0.3, -0.25) is 10.2 Å². The molecule has 2 aliphatic rings. The van der Waals surface area contributed by atoms with E-state index < -0.39 is 0 Å². The third kappa shape index (κ3) is 4.45. The number of carbonyl (C=O) groups excluding carboxylic acids is 1. The van der Waals surface area contributed by atoms with Crippen LogP contribution in [0, 0.1) is 0 Å². The fraction of sp³-hybridized carbons (Fsp3) is 0.684. The Balaban J connectivity index is 1.50. The van der Waals surface area contributed by atoms with Gasteiger partial charge in [-0.25, -0.2) is 9.78 Å². The molecule has 0 radical (unpaired) electrons. The fourth-order valence-electron chi connectivity index (χ4n) is 3.40. The number of nitrogens with one attached hydrogen (secondary N) is 1. The van der Waals surface area contributed by atoms with E-state index in [4.69, 9.17) is 4.74 Å². The van der Waals surface area contributed by atoms with Gasteiger partial charge < -0.3 is 14.5 Å². The van der Waals surface area contributed by atoms with Crippen molar-refractivity contribution >= 4 is 17.5 Å². The van der Waals surface area contributed by atoms with Crippen LogP contribution in [0.2, 0.25) is 0 Å². The molecule has 2 aliphatic heterocycles. The zero-order chi connectivity index (χ0) is 18.6. The van der Waals surface area contributed by atoms with Gasteiger partial charge in [0.15, 0.2) is 0 Å². The molecule has 2 amide bonds. The molecule has 144 valence electrons. The van der Waals surface area contributed by atoms with Crippen molar-refractivity contribution in [1.29, 1.82) is 0 Å². The van der Waals surface area contributed by atoms with Crippen molar-refractivity contribution in [3.8, 4) is 0 Å². The molecule has 1 N–H and O–H groups in total. The maximum Gasteiger partial charge on any atom is 0.323 e. The maximum absolute atomic E-state index is 12.5. The molecule has 0 unspecified atom stereocenters. The van der Waals surface area contributed by atoms with Gasteiger partial charge in [0.1, 0.15) is 5.82 Å². The van der Waals surface area contributed by atoms with E-state index in [1.165, 1.54) is 0 Å². The first kappa shape index (κ1) is 18.9. The van der Waals surface area contributed by atoms with Crippen LogP contribution < -0.4 is 10.2 Å². The van der Waals surface area contributed by atoms with E-state index in [9.17, 15) is 4.79 Å². The minimum atomic E-state index is -0.0643. The van der Waals surface area contributed by atoms with E-state index in [2.05, 4.69) is 40.9 Å². The Bertz CT molecular complexity index is 590. The average Bonchev–Trinajstić information content (AvgIpc) is 2.69. The van der Waals surface area contributed by atoms with Gasteiger partial charge in [0.25, 0.3) is 0 Å². The van der Waals surface area contributed by atoms with E-state index in [1.54, 1.807) is 0 Å². The van der Waals surface area contributed by atoms with Crippen LogP contribution >= 0.6 is 0 Å². The monoisotopic (exact) mass is 361 g/mol. The summed E-state index contributed by atoms with van der Waals surface area (Å²) in [5.41, 5.74) is 1.26. The predicted octanol–water partition coefficient (Wildman–Crippen LogP) is 2.26. The first-order chi connectivity index (χ1) is 12.5. The molecule has 0 bridgehead atoms. The molecule has 0 aliphatic carbocycles. The van der Waals surface area contributed by atoms with E-state index in [-0.39, 0.29) is 11.6 Å². The smallest absolute Gasteiger partial charge is 0.323 e. The van der Waals surface area contributed by atoms with E-state index in [0.717, 1.165) is 64.6 Å². The summed E-state index contributed by atoms with van der Waals surface area (Å²) < 4.78 is 5.37. The van der Waals surface area contributed by atoms with Gasteiger partial charge in [0, 0.05) is 44.8 Å². The van der Waals surface area contributed by atoms with Gasteiger partial charge in [0.05, 0.1) is 25.1 Å². The van der Waals surface area contributed by atoms with E-state index in [1.807, 2.05) is 23.2 Å². The lowest BCUT2D eigenvalue weighted by atomic mass is 9.98. The molecule has 3 heterocycles. The van der Waals surface area contributed by atoms with Crippen molar-refractivity contribution in [3.63, 3.8) is 0 Å². The Morgan fingerprint density at radius 3 is 2.42 bits per heavy atom. The van der Waals surface area contributed by atoms with Crippen LogP contribution in [0.1, 0.15) is 27.2 Å². The molecule has 0 saturated carbocycles. The van der Waals surface area contributed by atoms with Crippen molar-refractivity contribution in [2.24, 2.45) is 0 Å². The third-order valence-corrected chi connectivity index (χ3v) is 5.65. The SMILES string of the molecule is CCC(C)(C)N1CCN(C(=O)Nc2ccc(N3CCOCC3)cn2)CC1. The highest BCUT2D eigenvalue weighted by Crippen LogP contribution is 2.21. The number of aromatic nitrogens is 1. The van der Waals surface area contributed by atoms with Crippen LogP contribution in [0.3, 0.4) is 0 Å². The van der Waals surface area contributed by atoms with Crippen molar-refractivity contribution in [3.05, 3.63) is 18.3 Å². The molecule has 2 saturated heterocycles. The number of amides is 2. The standard InChI is InChI=1S/C19H31N5O2/c1-4-19(2,3)24-9-7-23(8-10-24)18(25)21-17-6-5-16(15-20-17)22-11-13-26-14-12-22/h5-6,15H,4,7-14H2,1-3H3,(H,20,21,25). The highest BCUT2D eigenvalue weighted by Gasteiger charge is 2.29. The number of urea groups is 1. The number of morpholine rings is 1. The Morgan fingerprint density at radius 2 is 1.85 bits per heavy atom. The lowest BCUT2D eigenvalue weighted by molar-refractivity contribution is 0.0640. The highest BCUT2D eigenvalue weighted by atomic mass is 16.5. The lowest BCUT2D eigenvalue weighted by Crippen LogP contribution is -2.56. The summed E-state index contributed by atoms with van der Waals surface area (Å²) in [7, 11) is 0. The molecule has 26 heavy (non-hydrogen) atoms. The number of pyridine rings is 1. The van der Waals surface area contributed by atoms with Crippen molar-refractivity contribution in [1.82, 2.24) is 14.8 Å². The van der Waals surface area contributed by atoms with Crippen molar-refractivity contribution in [2.75, 3.05) is 62.7 Å². The summed E-state index contributed by atoms with van der Waals surface area (Å²) in [6.07, 6.45) is 2.93. The van der Waals surface area contributed by atoms with Crippen molar-refractivity contribution < 1.29 is 9.53 Å². The number of hydrogen-bond donors (Lipinski definition) is 1. The third-order valence-electron chi connectivity index (χ3n) is 5.65. The minimum absolute atomic E-state index is 0.0643. The molecule has 0 aromatic carbocycles. The summed E-state index contributed by atoms with van der Waals surface area (Å²) in [6, 6.07) is 3.82. The molecule has 1 aromatic heterocycles. The largest absolute Gasteiger partial charge is 0.378 e. The van der Waals surface area contributed by atoms with Crippen LogP contribution in [-0.2, 0) is 4.74 Å². The lowest BCUT2D eigenvalue weighted by Gasteiger charge is -2.43. The average molecular weight is 361 g/mol. The summed E-state index contributed by atoms with van der Waals surface area (Å²) in [4.78, 5) is 23.5. The Kier molecular flexibility index (Phi) is 5.98. The second-order valence-electron chi connectivity index (χ2n) is 7.57. The zero-order valence-corrected chi connectivity index (χ0v) is 16.2. The second kappa shape index (κ2) is 8.22. The first-order valence-corrected chi connectivity index (χ1v) is 9.59. The van der Waals surface area contributed by atoms with Gasteiger partial charge in [-0.05, 0) is 32.4 Å². The number of piperazine rings is 1. The fourth-order valence-corrected chi connectivity index (χ4v) is 3.40. The quantitative estimate of drug-likeness (QED) is 0.891. The molecular weight excluding hydrogens is 330 g/mol. The second-order valence-corrected chi connectivity index (χ2v) is 7.57. The highest BCUT2D eigenvalue weighted by molar-refractivity contribution is 5.88. The molecular formula is C19H31N5O2. The molecule has 2 fully saturated rings. The Labute approximate surface area is 156 Å². The normalized spacial score (nSPS) is 19.5. The van der Waals surface area contributed by atoms with Gasteiger partial charge in [-0.2, -0.15) is 0 Å². The summed E-state index contributed by atoms with van der Waals surface area (Å²) in [5.74, 6) is 0.600. The number of nitrogens with zero attached hydrogens (tertiary/aromatic N) is 4. The van der Waals surface area contributed by atoms with Gasteiger partial charge in [0.2, 0.25) is 0 Å². The van der Waals surface area contributed by atoms with Crippen molar-refractivity contribution in [2.45, 2.75) is 32.7 Å². The first-order valence-electron chi connectivity index (χ1n) is 9.59. The number of rotatable bonds is 4. The maximum atomic E-state index is 12.5. The summed E-state index contributed by atoms with van der Waals surface area (Å²) in [5, 5.41) is 2.92. The number of ether oxygens (including phenoxy) is 1. The topological polar surface area (TPSA) is 60.9 Å². The van der Waals surface area contributed by atoms with E-state index >= 15 is 0 Å². The molecule has 0 spiro atoms. The molecule has 7 heteroatoms. The summed E-state index contributed by atoms with van der Waals surface area (Å²) in [6.45, 7) is 13.3. The number of hydrogen-bond acceptors (Lipinski definition) is 5. The summed E-state index contributed by atoms with van der Waals surface area (Å²) >= 11 is 0. The predicted molar refractivity (Wildman–Crippen MR) is 104 cm³/mol. The van der Waals surface area contributed by atoms with Crippen LogP contribution in [0.25, 0.3) is 0 Å². The number of carbonyl (C=O) groups is 1. The van der Waals surface area contributed by atoms with Crippen LogP contribution in [0.5, 0.6) is 0 Å². The Hall–Kier alpha value is -1.86. The van der Waals surface area contributed by atoms with Gasteiger partial charge >= 0.3 is 6.03 Å². The molecule has 7 nitrogen and oxygen atoms in total. The van der Waals surface area contributed by atoms with Crippen LogP contribution in [0.15, 0.2) is 18.3 Å². The van der Waals surface area contributed by atoms with Crippen LogP contribution in [0.4, 0.5) is 16.3 Å².